The van der Waals surface area contributed by atoms with Gasteiger partial charge in [-0.2, -0.15) is 0 Å². The molecule has 4 rings (SSSR count). The molecule has 0 radical (unpaired) electrons. The maximum Gasteiger partial charge on any atom is 0.509 e. The molecule has 156 valence electrons. The molecule has 1 N–H and O–H groups in total. The Kier molecular flexibility index (Phi) is 5.35. The predicted molar refractivity (Wildman–Crippen MR) is 103 cm³/mol. The predicted octanol–water partition coefficient (Wildman–Crippen LogP) is 5.19. The zero-order valence-electron chi connectivity index (χ0n) is 18.0. The molecule has 0 aromatic carbocycles. The van der Waals surface area contributed by atoms with Gasteiger partial charge in [0.15, 0.2) is 6.29 Å². The smallest absolute Gasteiger partial charge is 0.428 e. The second kappa shape index (κ2) is 6.91. The lowest BCUT2D eigenvalue weighted by molar-refractivity contribution is -0.294. The highest BCUT2D eigenvalue weighted by Gasteiger charge is 2.61. The van der Waals surface area contributed by atoms with Crippen molar-refractivity contribution in [2.45, 2.75) is 116 Å². The van der Waals surface area contributed by atoms with E-state index < -0.39 is 23.6 Å². The summed E-state index contributed by atoms with van der Waals surface area (Å²) in [6.45, 7) is 12.0. The zero-order chi connectivity index (χ0) is 20.1. The third-order valence-corrected chi connectivity index (χ3v) is 7.41. The van der Waals surface area contributed by atoms with Crippen LogP contribution in [0.2, 0.25) is 0 Å². The SMILES string of the molecule is CCC(C)(C)OC(=O)OC12CC3CC(C1)CC(OC(O)C(C)(C)CC)(C3)C2. The quantitative estimate of drug-likeness (QED) is 0.485. The minimum absolute atomic E-state index is 0.290. The Morgan fingerprint density at radius 3 is 2.11 bits per heavy atom. The fourth-order valence-corrected chi connectivity index (χ4v) is 5.42. The minimum Gasteiger partial charge on any atom is -0.428 e. The normalized spacial score (nSPS) is 36.6. The summed E-state index contributed by atoms with van der Waals surface area (Å²) in [6, 6.07) is 0. The third kappa shape index (κ3) is 4.29. The number of ether oxygens (including phenoxy) is 3. The van der Waals surface area contributed by atoms with Gasteiger partial charge in [-0.05, 0) is 70.6 Å². The Labute approximate surface area is 164 Å². The van der Waals surface area contributed by atoms with Crippen LogP contribution >= 0.6 is 0 Å². The maximum atomic E-state index is 12.5. The lowest BCUT2D eigenvalue weighted by Gasteiger charge is -2.61. The average Bonchev–Trinajstić information content (AvgIpc) is 2.51. The van der Waals surface area contributed by atoms with Crippen molar-refractivity contribution in [1.82, 2.24) is 0 Å². The number of carbonyl (C=O) groups excluding carboxylic acids is 1. The van der Waals surface area contributed by atoms with Crippen LogP contribution in [0.25, 0.3) is 0 Å². The molecule has 0 amide bonds. The summed E-state index contributed by atoms with van der Waals surface area (Å²) in [7, 11) is 0. The molecule has 0 heterocycles. The first kappa shape index (κ1) is 20.9. The number of rotatable bonds is 7. The molecule has 4 aliphatic rings. The average molecular weight is 383 g/mol. The molecule has 4 saturated carbocycles. The van der Waals surface area contributed by atoms with Crippen LogP contribution in [0, 0.1) is 17.3 Å². The van der Waals surface area contributed by atoms with E-state index in [-0.39, 0.29) is 11.0 Å². The Balaban J connectivity index is 1.74. The van der Waals surface area contributed by atoms with Gasteiger partial charge in [-0.15, -0.1) is 0 Å². The topological polar surface area (TPSA) is 65.0 Å². The summed E-state index contributed by atoms with van der Waals surface area (Å²) in [5.74, 6) is 0.991. The number of hydrogen-bond donors (Lipinski definition) is 1. The van der Waals surface area contributed by atoms with Gasteiger partial charge in [0.1, 0.15) is 11.2 Å². The van der Waals surface area contributed by atoms with E-state index in [2.05, 4.69) is 6.92 Å². The van der Waals surface area contributed by atoms with E-state index in [1.807, 2.05) is 34.6 Å². The van der Waals surface area contributed by atoms with Gasteiger partial charge in [0.25, 0.3) is 0 Å². The number of aliphatic hydroxyl groups excluding tert-OH is 1. The fourth-order valence-electron chi connectivity index (χ4n) is 5.42. The van der Waals surface area contributed by atoms with E-state index in [1.165, 1.54) is 6.42 Å². The van der Waals surface area contributed by atoms with Gasteiger partial charge >= 0.3 is 6.16 Å². The van der Waals surface area contributed by atoms with Crippen LogP contribution < -0.4 is 0 Å². The summed E-state index contributed by atoms with van der Waals surface area (Å²) in [6.07, 6.45) is 5.78. The molecule has 4 aliphatic carbocycles. The lowest BCUT2D eigenvalue weighted by atomic mass is 9.52. The van der Waals surface area contributed by atoms with Crippen molar-refractivity contribution < 1.29 is 24.1 Å². The molecule has 5 heteroatoms. The monoisotopic (exact) mass is 382 g/mol. The van der Waals surface area contributed by atoms with E-state index in [0.29, 0.717) is 18.3 Å². The maximum absolute atomic E-state index is 12.5. The highest BCUT2D eigenvalue weighted by molar-refractivity contribution is 5.61. The van der Waals surface area contributed by atoms with E-state index in [1.54, 1.807) is 0 Å². The fraction of sp³-hybridized carbons (Fsp3) is 0.955. The first-order valence-corrected chi connectivity index (χ1v) is 10.7. The van der Waals surface area contributed by atoms with Crippen molar-refractivity contribution in [2.24, 2.45) is 17.3 Å². The van der Waals surface area contributed by atoms with Gasteiger partial charge in [0.2, 0.25) is 0 Å². The van der Waals surface area contributed by atoms with Gasteiger partial charge in [-0.25, -0.2) is 4.79 Å². The second-order valence-electron chi connectivity index (χ2n) is 10.7. The molecule has 5 nitrogen and oxygen atoms in total. The Morgan fingerprint density at radius 1 is 1.04 bits per heavy atom. The lowest BCUT2D eigenvalue weighted by Crippen LogP contribution is -2.62. The molecule has 27 heavy (non-hydrogen) atoms. The zero-order valence-corrected chi connectivity index (χ0v) is 18.0. The van der Waals surface area contributed by atoms with Gasteiger partial charge in [-0.1, -0.05) is 27.7 Å². The molecule has 0 saturated heterocycles. The van der Waals surface area contributed by atoms with Crippen LogP contribution in [0.4, 0.5) is 4.79 Å². The summed E-state index contributed by atoms with van der Waals surface area (Å²) in [4.78, 5) is 12.5. The summed E-state index contributed by atoms with van der Waals surface area (Å²) in [5.41, 5.74) is -1.69. The largest absolute Gasteiger partial charge is 0.509 e. The molecule has 3 unspecified atom stereocenters. The molecule has 4 fully saturated rings. The van der Waals surface area contributed by atoms with Crippen LogP contribution in [-0.2, 0) is 14.2 Å². The van der Waals surface area contributed by atoms with Crippen LogP contribution in [0.3, 0.4) is 0 Å². The van der Waals surface area contributed by atoms with Gasteiger partial charge in [0.05, 0.1) is 5.60 Å². The highest BCUT2D eigenvalue weighted by atomic mass is 16.7. The molecule has 4 bridgehead atoms. The molecular formula is C22H38O5. The Bertz CT molecular complexity index is 553. The molecule has 0 aromatic rings. The first-order valence-electron chi connectivity index (χ1n) is 10.7. The van der Waals surface area contributed by atoms with Crippen LogP contribution in [0.5, 0.6) is 0 Å². The number of carbonyl (C=O) groups is 1. The second-order valence-corrected chi connectivity index (χ2v) is 10.7. The van der Waals surface area contributed by atoms with Gasteiger partial charge in [-0.3, -0.25) is 0 Å². The molecule has 3 atom stereocenters. The van der Waals surface area contributed by atoms with Gasteiger partial charge < -0.3 is 19.3 Å². The van der Waals surface area contributed by atoms with E-state index in [4.69, 9.17) is 14.2 Å². The van der Waals surface area contributed by atoms with E-state index in [9.17, 15) is 9.90 Å². The molecule has 0 aliphatic heterocycles. The highest BCUT2D eigenvalue weighted by Crippen LogP contribution is 2.61. The van der Waals surface area contributed by atoms with Gasteiger partial charge in [0, 0.05) is 11.8 Å². The van der Waals surface area contributed by atoms with Crippen LogP contribution in [-0.4, -0.2) is 34.4 Å². The molecule has 0 aromatic heterocycles. The van der Waals surface area contributed by atoms with Crippen molar-refractivity contribution in [1.29, 1.82) is 0 Å². The first-order chi connectivity index (χ1) is 12.4. The standard InChI is InChI=1S/C22H38O5/c1-7-19(3,4)17(23)25-21-10-15-9-16(11-21)13-22(12-15,14-21)27-18(24)26-20(5,6)8-2/h15-17,23H,7-14H2,1-6H3. The minimum atomic E-state index is -0.804. The third-order valence-electron chi connectivity index (χ3n) is 7.41. The van der Waals surface area contributed by atoms with Crippen molar-refractivity contribution >= 4 is 6.16 Å². The van der Waals surface area contributed by atoms with E-state index in [0.717, 1.165) is 38.5 Å². The summed E-state index contributed by atoms with van der Waals surface area (Å²) >= 11 is 0. The van der Waals surface area contributed by atoms with Crippen molar-refractivity contribution in [2.75, 3.05) is 0 Å². The van der Waals surface area contributed by atoms with Crippen LogP contribution in [0.1, 0.15) is 92.9 Å². The molecule has 0 spiro atoms. The van der Waals surface area contributed by atoms with Crippen molar-refractivity contribution in [3.63, 3.8) is 0 Å². The number of hydrogen-bond acceptors (Lipinski definition) is 5. The summed E-state index contributed by atoms with van der Waals surface area (Å²) < 4.78 is 17.9. The Morgan fingerprint density at radius 2 is 1.59 bits per heavy atom. The number of aliphatic hydroxyl groups is 1. The summed E-state index contributed by atoms with van der Waals surface area (Å²) in [5, 5.41) is 10.7. The van der Waals surface area contributed by atoms with Crippen LogP contribution in [0.15, 0.2) is 0 Å². The van der Waals surface area contributed by atoms with Crippen molar-refractivity contribution in [3.05, 3.63) is 0 Å². The van der Waals surface area contributed by atoms with E-state index >= 15 is 0 Å². The Hall–Kier alpha value is -0.810. The molecular weight excluding hydrogens is 344 g/mol. The van der Waals surface area contributed by atoms with Crippen molar-refractivity contribution in [3.8, 4) is 0 Å².